The SMILES string of the molecule is COc1ccc(NC(=O)CSC2=C(C#N)C(c3ccc(Cl)cc3)C3=C(CCCC3=O)N2)cc1. The molecule has 1 aliphatic carbocycles. The summed E-state index contributed by atoms with van der Waals surface area (Å²) in [6, 6.07) is 16.6. The van der Waals surface area contributed by atoms with Gasteiger partial charge in [-0.25, -0.2) is 0 Å². The van der Waals surface area contributed by atoms with E-state index in [2.05, 4.69) is 16.7 Å². The number of anilines is 1. The summed E-state index contributed by atoms with van der Waals surface area (Å²) in [5.41, 5.74) is 3.42. The number of benzene rings is 2. The molecule has 2 aromatic carbocycles. The van der Waals surface area contributed by atoms with Gasteiger partial charge in [0.1, 0.15) is 5.75 Å². The number of carbonyl (C=O) groups is 2. The van der Waals surface area contributed by atoms with Crippen molar-refractivity contribution in [2.24, 2.45) is 0 Å². The number of Topliss-reactive ketones (excluding diaryl/α,β-unsaturated/α-hetero) is 1. The molecule has 0 radical (unpaired) electrons. The van der Waals surface area contributed by atoms with Crippen molar-refractivity contribution < 1.29 is 14.3 Å². The topological polar surface area (TPSA) is 91.2 Å². The number of nitrogens with zero attached hydrogens (tertiary/aromatic N) is 1. The van der Waals surface area contributed by atoms with Crippen LogP contribution in [0.4, 0.5) is 5.69 Å². The van der Waals surface area contributed by atoms with Crippen LogP contribution in [0.5, 0.6) is 5.75 Å². The van der Waals surface area contributed by atoms with Crippen molar-refractivity contribution in [1.82, 2.24) is 5.32 Å². The Morgan fingerprint density at radius 3 is 2.61 bits per heavy atom. The number of ether oxygens (including phenoxy) is 1. The quantitative estimate of drug-likeness (QED) is 0.595. The molecular formula is C25H22ClN3O3S. The number of nitrogens with one attached hydrogen (secondary N) is 2. The van der Waals surface area contributed by atoms with Gasteiger partial charge < -0.3 is 15.4 Å². The number of nitriles is 1. The van der Waals surface area contributed by atoms with Gasteiger partial charge in [-0.3, -0.25) is 9.59 Å². The van der Waals surface area contributed by atoms with Crippen LogP contribution in [0.25, 0.3) is 0 Å². The highest BCUT2D eigenvalue weighted by Crippen LogP contribution is 2.44. The van der Waals surface area contributed by atoms with Crippen molar-refractivity contribution in [2.45, 2.75) is 25.2 Å². The number of rotatable bonds is 6. The average Bonchev–Trinajstić information content (AvgIpc) is 2.83. The smallest absolute Gasteiger partial charge is 0.234 e. The second-order valence-electron chi connectivity index (χ2n) is 7.70. The Hall–Kier alpha value is -3.21. The van der Waals surface area contributed by atoms with Crippen LogP contribution in [0.1, 0.15) is 30.7 Å². The molecule has 0 saturated heterocycles. The van der Waals surface area contributed by atoms with Gasteiger partial charge in [0.15, 0.2) is 5.78 Å². The summed E-state index contributed by atoms with van der Waals surface area (Å²) < 4.78 is 5.13. The molecule has 0 bridgehead atoms. The van der Waals surface area contributed by atoms with Gasteiger partial charge in [0.25, 0.3) is 0 Å². The zero-order valence-corrected chi connectivity index (χ0v) is 19.6. The van der Waals surface area contributed by atoms with Crippen molar-refractivity contribution in [1.29, 1.82) is 5.26 Å². The van der Waals surface area contributed by atoms with Crippen LogP contribution >= 0.6 is 23.4 Å². The van der Waals surface area contributed by atoms with E-state index in [9.17, 15) is 14.9 Å². The lowest BCUT2D eigenvalue weighted by molar-refractivity contribution is -0.116. The van der Waals surface area contributed by atoms with E-state index in [-0.39, 0.29) is 17.4 Å². The minimum Gasteiger partial charge on any atom is -0.497 e. The Kier molecular flexibility index (Phi) is 7.07. The maximum absolute atomic E-state index is 12.8. The molecule has 2 aromatic rings. The van der Waals surface area contributed by atoms with Gasteiger partial charge in [-0.05, 0) is 54.8 Å². The molecule has 6 nitrogen and oxygen atoms in total. The van der Waals surface area contributed by atoms with E-state index in [1.54, 1.807) is 43.5 Å². The lowest BCUT2D eigenvalue weighted by Gasteiger charge is -2.33. The third-order valence-corrected chi connectivity index (χ3v) is 6.86. The fourth-order valence-electron chi connectivity index (χ4n) is 4.04. The summed E-state index contributed by atoms with van der Waals surface area (Å²) in [6.45, 7) is 0. The van der Waals surface area contributed by atoms with Gasteiger partial charge in [0.05, 0.1) is 35.5 Å². The Balaban J connectivity index is 1.57. The molecule has 1 atom stereocenters. The summed E-state index contributed by atoms with van der Waals surface area (Å²) in [4.78, 5) is 25.4. The number of carbonyl (C=O) groups excluding carboxylic acids is 2. The monoisotopic (exact) mass is 479 g/mol. The number of ketones is 1. The molecule has 1 amide bonds. The van der Waals surface area contributed by atoms with Crippen LogP contribution < -0.4 is 15.4 Å². The molecule has 1 unspecified atom stereocenters. The number of allylic oxidation sites excluding steroid dienone is 3. The van der Waals surface area contributed by atoms with Crippen LogP contribution in [0.2, 0.25) is 5.02 Å². The molecular weight excluding hydrogens is 458 g/mol. The van der Waals surface area contributed by atoms with Crippen LogP contribution in [0.3, 0.4) is 0 Å². The van der Waals surface area contributed by atoms with Crippen LogP contribution in [0.15, 0.2) is 70.4 Å². The van der Waals surface area contributed by atoms with Gasteiger partial charge in [0, 0.05) is 28.4 Å². The molecule has 168 valence electrons. The van der Waals surface area contributed by atoms with Gasteiger partial charge in [0.2, 0.25) is 5.91 Å². The highest BCUT2D eigenvalue weighted by Gasteiger charge is 2.37. The zero-order chi connectivity index (χ0) is 23.4. The molecule has 1 heterocycles. The van der Waals surface area contributed by atoms with E-state index >= 15 is 0 Å². The van der Waals surface area contributed by atoms with Crippen molar-refractivity contribution in [2.75, 3.05) is 18.2 Å². The molecule has 0 saturated carbocycles. The molecule has 2 N–H and O–H groups in total. The number of methoxy groups -OCH3 is 1. The van der Waals surface area contributed by atoms with Gasteiger partial charge >= 0.3 is 0 Å². The predicted octanol–water partition coefficient (Wildman–Crippen LogP) is 5.15. The molecule has 4 rings (SSSR count). The molecule has 0 spiro atoms. The first-order valence-corrected chi connectivity index (χ1v) is 11.9. The minimum absolute atomic E-state index is 0.0535. The maximum atomic E-state index is 12.8. The van der Waals surface area contributed by atoms with Gasteiger partial charge in [-0.1, -0.05) is 35.5 Å². The maximum Gasteiger partial charge on any atom is 0.234 e. The Morgan fingerprint density at radius 2 is 1.94 bits per heavy atom. The third kappa shape index (κ3) is 5.08. The Labute approximate surface area is 201 Å². The normalized spacial score (nSPS) is 17.7. The van der Waals surface area contributed by atoms with Crippen molar-refractivity contribution in [3.63, 3.8) is 0 Å². The number of dihydropyridines is 1. The highest BCUT2D eigenvalue weighted by molar-refractivity contribution is 8.03. The second-order valence-corrected chi connectivity index (χ2v) is 9.12. The van der Waals surface area contributed by atoms with Crippen LogP contribution in [0, 0.1) is 11.3 Å². The number of amides is 1. The summed E-state index contributed by atoms with van der Waals surface area (Å²) >= 11 is 7.32. The molecule has 1 aliphatic heterocycles. The molecule has 0 aromatic heterocycles. The fraction of sp³-hybridized carbons (Fsp3) is 0.240. The van der Waals surface area contributed by atoms with Crippen molar-refractivity contribution in [3.8, 4) is 11.8 Å². The van der Waals surface area contributed by atoms with Gasteiger partial charge in [-0.15, -0.1) is 0 Å². The first kappa shape index (κ1) is 23.0. The third-order valence-electron chi connectivity index (χ3n) is 5.59. The predicted molar refractivity (Wildman–Crippen MR) is 130 cm³/mol. The molecule has 33 heavy (non-hydrogen) atoms. The second kappa shape index (κ2) is 10.2. The zero-order valence-electron chi connectivity index (χ0n) is 18.0. The average molecular weight is 480 g/mol. The van der Waals surface area contributed by atoms with Crippen LogP contribution in [-0.4, -0.2) is 24.6 Å². The summed E-state index contributed by atoms with van der Waals surface area (Å²) in [5.74, 6) is 0.209. The minimum atomic E-state index is -0.469. The number of hydrogen-bond acceptors (Lipinski definition) is 6. The van der Waals surface area contributed by atoms with E-state index in [4.69, 9.17) is 16.3 Å². The Bertz CT molecular complexity index is 1180. The van der Waals surface area contributed by atoms with Crippen molar-refractivity contribution >= 4 is 40.7 Å². The van der Waals surface area contributed by atoms with E-state index in [0.717, 1.165) is 24.1 Å². The van der Waals surface area contributed by atoms with Crippen LogP contribution in [-0.2, 0) is 9.59 Å². The van der Waals surface area contributed by atoms with Crippen molar-refractivity contribution in [3.05, 3.63) is 81.0 Å². The van der Waals surface area contributed by atoms with E-state index < -0.39 is 5.92 Å². The molecule has 0 fully saturated rings. The van der Waals surface area contributed by atoms with E-state index in [1.165, 1.54) is 11.8 Å². The van der Waals surface area contributed by atoms with E-state index in [0.29, 0.717) is 39.1 Å². The summed E-state index contributed by atoms with van der Waals surface area (Å²) in [7, 11) is 1.58. The number of hydrogen-bond donors (Lipinski definition) is 2. The number of thioether (sulfide) groups is 1. The Morgan fingerprint density at radius 1 is 1.21 bits per heavy atom. The standard InChI is InChI=1S/C25H22ClN3O3S/c1-32-18-11-9-17(10-12-18)28-22(31)14-33-25-19(13-27)23(15-5-7-16(26)8-6-15)24-20(29-25)3-2-4-21(24)30/h5-12,23,29H,2-4,14H2,1H3,(H,28,31). The fourth-order valence-corrected chi connectivity index (χ4v) is 5.02. The molecule has 8 heteroatoms. The van der Waals surface area contributed by atoms with E-state index in [1.807, 2.05) is 12.1 Å². The number of halogens is 1. The lowest BCUT2D eigenvalue weighted by atomic mass is 9.77. The summed E-state index contributed by atoms with van der Waals surface area (Å²) in [6.07, 6.45) is 1.96. The first-order valence-electron chi connectivity index (χ1n) is 10.5. The molecule has 2 aliphatic rings. The van der Waals surface area contributed by atoms with Gasteiger partial charge in [-0.2, -0.15) is 5.26 Å². The highest BCUT2D eigenvalue weighted by atomic mass is 35.5. The first-order chi connectivity index (χ1) is 16.0. The lowest BCUT2D eigenvalue weighted by Crippen LogP contribution is -2.31. The summed E-state index contributed by atoms with van der Waals surface area (Å²) in [5, 5.41) is 17.4. The largest absolute Gasteiger partial charge is 0.497 e.